The summed E-state index contributed by atoms with van der Waals surface area (Å²) in [6.07, 6.45) is 2.59. The van der Waals surface area contributed by atoms with Crippen molar-refractivity contribution in [2.24, 2.45) is 0 Å². The Morgan fingerprint density at radius 3 is 2.74 bits per heavy atom. The van der Waals surface area contributed by atoms with Gasteiger partial charge in [0.05, 0.1) is 12.6 Å². The van der Waals surface area contributed by atoms with Gasteiger partial charge >= 0.3 is 0 Å². The number of nitrogens with zero attached hydrogens (tertiary/aromatic N) is 3. The minimum atomic E-state index is 0.301. The maximum atomic E-state index is 5.80. The number of hydrogen-bond donors (Lipinski definition) is 0. The van der Waals surface area contributed by atoms with Crippen molar-refractivity contribution < 1.29 is 4.74 Å². The quantitative estimate of drug-likeness (QED) is 0.668. The largest absolute Gasteiger partial charge is 0.376 e. The minimum Gasteiger partial charge on any atom is -0.376 e. The zero-order valence-corrected chi connectivity index (χ0v) is 15.9. The maximum absolute atomic E-state index is 5.80. The molecule has 6 heteroatoms. The lowest BCUT2D eigenvalue weighted by Crippen LogP contribution is -2.18. The Kier molecular flexibility index (Phi) is 5.77. The fraction of sp³-hybridized carbons (Fsp3) is 0.529. The Hall–Kier alpha value is -0.850. The summed E-state index contributed by atoms with van der Waals surface area (Å²) in [6.45, 7) is 6.08. The van der Waals surface area contributed by atoms with Crippen LogP contribution in [0, 0.1) is 0 Å². The molecule has 23 heavy (non-hydrogen) atoms. The van der Waals surface area contributed by atoms with Gasteiger partial charge < -0.3 is 9.30 Å². The Labute approximate surface area is 150 Å². The van der Waals surface area contributed by atoms with Crippen LogP contribution in [0.2, 0.25) is 0 Å². The molecule has 1 aliphatic heterocycles. The van der Waals surface area contributed by atoms with E-state index in [0.29, 0.717) is 12.0 Å². The van der Waals surface area contributed by atoms with Gasteiger partial charge in [0.25, 0.3) is 0 Å². The number of rotatable bonds is 6. The Balaban J connectivity index is 1.73. The molecule has 3 rings (SSSR count). The topological polar surface area (TPSA) is 39.9 Å². The normalized spacial score (nSPS) is 18.0. The molecule has 1 aromatic carbocycles. The van der Waals surface area contributed by atoms with Crippen LogP contribution in [0.15, 0.2) is 33.9 Å². The molecular weight excluding hydrogens is 374 g/mol. The average Bonchev–Trinajstić information content (AvgIpc) is 3.17. The highest BCUT2D eigenvalue weighted by Gasteiger charge is 2.22. The van der Waals surface area contributed by atoms with E-state index in [1.54, 1.807) is 11.8 Å². The number of thioether (sulfide) groups is 1. The molecule has 1 atom stereocenters. The second kappa shape index (κ2) is 7.81. The lowest BCUT2D eigenvalue weighted by molar-refractivity contribution is 0.0940. The SMILES string of the molecule is CC(C)c1nnc(SCc2ccc(Br)cc2)n1CC1CCCO1. The molecule has 2 aromatic rings. The van der Waals surface area contributed by atoms with Crippen LogP contribution in [-0.4, -0.2) is 27.5 Å². The molecule has 1 aliphatic rings. The van der Waals surface area contributed by atoms with Crippen LogP contribution >= 0.6 is 27.7 Å². The molecular formula is C17H22BrN3OS. The van der Waals surface area contributed by atoms with Gasteiger partial charge in [-0.25, -0.2) is 0 Å². The van der Waals surface area contributed by atoms with E-state index in [1.165, 1.54) is 5.56 Å². The van der Waals surface area contributed by atoms with Crippen molar-refractivity contribution in [1.82, 2.24) is 14.8 Å². The van der Waals surface area contributed by atoms with E-state index < -0.39 is 0 Å². The first-order chi connectivity index (χ1) is 11.1. The third-order valence-electron chi connectivity index (χ3n) is 3.95. The zero-order chi connectivity index (χ0) is 16.2. The summed E-state index contributed by atoms with van der Waals surface area (Å²) in [5.41, 5.74) is 1.29. The van der Waals surface area contributed by atoms with Crippen LogP contribution in [0.5, 0.6) is 0 Å². The van der Waals surface area contributed by atoms with Crippen molar-refractivity contribution in [2.75, 3.05) is 6.61 Å². The molecule has 0 spiro atoms. The lowest BCUT2D eigenvalue weighted by Gasteiger charge is -2.16. The fourth-order valence-electron chi connectivity index (χ4n) is 2.73. The monoisotopic (exact) mass is 395 g/mol. The predicted octanol–water partition coefficient (Wildman–Crippen LogP) is 4.64. The van der Waals surface area contributed by atoms with E-state index in [0.717, 1.165) is 47.2 Å². The van der Waals surface area contributed by atoms with Gasteiger partial charge in [-0.3, -0.25) is 0 Å². The summed E-state index contributed by atoms with van der Waals surface area (Å²) in [4.78, 5) is 0. The Morgan fingerprint density at radius 2 is 2.09 bits per heavy atom. The highest BCUT2D eigenvalue weighted by atomic mass is 79.9. The minimum absolute atomic E-state index is 0.301. The van der Waals surface area contributed by atoms with Gasteiger partial charge in [-0.05, 0) is 30.5 Å². The third kappa shape index (κ3) is 4.37. The van der Waals surface area contributed by atoms with Crippen molar-refractivity contribution in [2.45, 2.75) is 56.2 Å². The molecule has 0 radical (unpaired) electrons. The molecule has 0 bridgehead atoms. The van der Waals surface area contributed by atoms with Gasteiger partial charge in [0.1, 0.15) is 5.82 Å². The van der Waals surface area contributed by atoms with E-state index >= 15 is 0 Å². The highest BCUT2D eigenvalue weighted by Crippen LogP contribution is 2.27. The molecule has 1 fully saturated rings. The van der Waals surface area contributed by atoms with Gasteiger partial charge in [0.2, 0.25) is 0 Å². The summed E-state index contributed by atoms with van der Waals surface area (Å²) >= 11 is 5.22. The van der Waals surface area contributed by atoms with Gasteiger partial charge in [0.15, 0.2) is 5.16 Å². The lowest BCUT2D eigenvalue weighted by atomic mass is 10.2. The van der Waals surface area contributed by atoms with E-state index in [2.05, 4.69) is 68.8 Å². The van der Waals surface area contributed by atoms with Crippen LogP contribution in [-0.2, 0) is 17.0 Å². The van der Waals surface area contributed by atoms with E-state index in [4.69, 9.17) is 4.74 Å². The number of aromatic nitrogens is 3. The number of benzene rings is 1. The molecule has 1 saturated heterocycles. The zero-order valence-electron chi connectivity index (χ0n) is 13.5. The van der Waals surface area contributed by atoms with Crippen LogP contribution in [0.25, 0.3) is 0 Å². The highest BCUT2D eigenvalue weighted by molar-refractivity contribution is 9.10. The van der Waals surface area contributed by atoms with Crippen LogP contribution in [0.3, 0.4) is 0 Å². The average molecular weight is 396 g/mol. The number of halogens is 1. The molecule has 0 amide bonds. The van der Waals surface area contributed by atoms with Crippen molar-refractivity contribution in [3.63, 3.8) is 0 Å². The molecule has 0 saturated carbocycles. The van der Waals surface area contributed by atoms with Crippen molar-refractivity contribution in [3.05, 3.63) is 40.1 Å². The molecule has 2 heterocycles. The van der Waals surface area contributed by atoms with Crippen molar-refractivity contribution in [3.8, 4) is 0 Å². The maximum Gasteiger partial charge on any atom is 0.191 e. The van der Waals surface area contributed by atoms with Gasteiger partial charge in [-0.1, -0.05) is 53.7 Å². The predicted molar refractivity (Wildman–Crippen MR) is 96.8 cm³/mol. The van der Waals surface area contributed by atoms with E-state index in [1.807, 2.05) is 0 Å². The summed E-state index contributed by atoms with van der Waals surface area (Å²) in [5, 5.41) is 9.83. The molecule has 1 unspecified atom stereocenters. The van der Waals surface area contributed by atoms with Crippen LogP contribution in [0.1, 0.15) is 44.0 Å². The standard InChI is InChI=1S/C17H22BrN3OS/c1-12(2)16-19-20-17(21(16)10-15-4-3-9-22-15)23-11-13-5-7-14(18)8-6-13/h5-8,12,15H,3-4,9-11H2,1-2H3. The summed E-state index contributed by atoms with van der Waals surface area (Å²) in [6, 6.07) is 8.43. The second-order valence-corrected chi connectivity index (χ2v) is 8.01. The van der Waals surface area contributed by atoms with E-state index in [9.17, 15) is 0 Å². The number of ether oxygens (including phenoxy) is 1. The first-order valence-corrected chi connectivity index (χ1v) is 9.83. The van der Waals surface area contributed by atoms with Gasteiger partial charge in [0, 0.05) is 22.8 Å². The fourth-order valence-corrected chi connectivity index (χ4v) is 3.90. The number of hydrogen-bond acceptors (Lipinski definition) is 4. The van der Waals surface area contributed by atoms with Crippen molar-refractivity contribution in [1.29, 1.82) is 0 Å². The Morgan fingerprint density at radius 1 is 1.30 bits per heavy atom. The summed E-state index contributed by atoms with van der Waals surface area (Å²) < 4.78 is 9.16. The summed E-state index contributed by atoms with van der Waals surface area (Å²) in [7, 11) is 0. The van der Waals surface area contributed by atoms with Crippen molar-refractivity contribution >= 4 is 27.7 Å². The van der Waals surface area contributed by atoms with Crippen LogP contribution in [0.4, 0.5) is 0 Å². The van der Waals surface area contributed by atoms with Gasteiger partial charge in [-0.2, -0.15) is 0 Å². The Bertz CT molecular complexity index is 636. The first-order valence-electron chi connectivity index (χ1n) is 8.05. The third-order valence-corrected chi connectivity index (χ3v) is 5.52. The summed E-state index contributed by atoms with van der Waals surface area (Å²) in [5.74, 6) is 2.32. The van der Waals surface area contributed by atoms with Crippen LogP contribution < -0.4 is 0 Å². The smallest absolute Gasteiger partial charge is 0.191 e. The molecule has 1 aromatic heterocycles. The molecule has 4 nitrogen and oxygen atoms in total. The molecule has 0 aliphatic carbocycles. The second-order valence-electron chi connectivity index (χ2n) is 6.16. The first kappa shape index (κ1) is 17.0. The van der Waals surface area contributed by atoms with E-state index in [-0.39, 0.29) is 0 Å². The van der Waals surface area contributed by atoms with Gasteiger partial charge in [-0.15, -0.1) is 10.2 Å². The molecule has 124 valence electrons. The molecule has 0 N–H and O–H groups in total.